The molecule has 0 radical (unpaired) electrons. The van der Waals surface area contributed by atoms with Crippen LogP contribution in [0.1, 0.15) is 16.8 Å². The standard InChI is InChI=1S/C19H19F3N6O2/c20-19(21,22)10-6-11(23)9-28(8-10)13-3-5-25-7-12(13)27-18(29)15-16-14(30-17(15)24)2-1-4-26-16/h1-5,7,10-11H,6,8-9,23-24H2,(H,27,29)/t10-,11+/m0/s1. The first-order chi connectivity index (χ1) is 14.2. The van der Waals surface area contributed by atoms with Crippen molar-refractivity contribution in [1.29, 1.82) is 0 Å². The average molecular weight is 420 g/mol. The number of piperidine rings is 1. The molecule has 0 saturated carbocycles. The molecule has 0 aliphatic carbocycles. The van der Waals surface area contributed by atoms with Gasteiger partial charge in [0.2, 0.25) is 5.88 Å². The molecule has 4 rings (SSSR count). The van der Waals surface area contributed by atoms with E-state index in [1.807, 2.05) is 0 Å². The van der Waals surface area contributed by atoms with Gasteiger partial charge >= 0.3 is 6.18 Å². The molecule has 0 aromatic carbocycles. The highest BCUT2D eigenvalue weighted by atomic mass is 19.4. The molecule has 1 aliphatic rings. The number of anilines is 3. The lowest BCUT2D eigenvalue weighted by Gasteiger charge is -2.39. The minimum Gasteiger partial charge on any atom is -0.438 e. The number of aromatic nitrogens is 2. The van der Waals surface area contributed by atoms with Gasteiger partial charge in [0.1, 0.15) is 11.1 Å². The Kier molecular flexibility index (Phi) is 4.98. The van der Waals surface area contributed by atoms with E-state index in [1.54, 1.807) is 12.1 Å². The number of carbonyl (C=O) groups excluding carboxylic acids is 1. The number of nitrogens with zero attached hydrogens (tertiary/aromatic N) is 3. The minimum atomic E-state index is -4.36. The Labute approximate surface area is 169 Å². The van der Waals surface area contributed by atoms with Crippen LogP contribution in [0.3, 0.4) is 0 Å². The fourth-order valence-electron chi connectivity index (χ4n) is 3.68. The number of alkyl halides is 3. The molecular weight excluding hydrogens is 401 g/mol. The highest BCUT2D eigenvalue weighted by Gasteiger charge is 2.44. The Morgan fingerprint density at radius 3 is 2.83 bits per heavy atom. The van der Waals surface area contributed by atoms with Gasteiger partial charge in [-0.2, -0.15) is 13.2 Å². The predicted molar refractivity (Wildman–Crippen MR) is 105 cm³/mol. The molecule has 0 bridgehead atoms. The summed E-state index contributed by atoms with van der Waals surface area (Å²) in [5.74, 6) is -2.27. The van der Waals surface area contributed by atoms with Gasteiger partial charge in [-0.1, -0.05) is 0 Å². The largest absolute Gasteiger partial charge is 0.438 e. The maximum atomic E-state index is 13.3. The third-order valence-electron chi connectivity index (χ3n) is 5.03. The average Bonchev–Trinajstić information content (AvgIpc) is 3.03. The molecule has 1 aliphatic heterocycles. The van der Waals surface area contributed by atoms with Crippen LogP contribution >= 0.6 is 0 Å². The third kappa shape index (κ3) is 3.75. The van der Waals surface area contributed by atoms with E-state index < -0.39 is 24.0 Å². The van der Waals surface area contributed by atoms with Crippen LogP contribution in [0.5, 0.6) is 0 Å². The molecule has 3 aromatic rings. The number of amides is 1. The second kappa shape index (κ2) is 7.48. The summed E-state index contributed by atoms with van der Waals surface area (Å²) >= 11 is 0. The van der Waals surface area contributed by atoms with Gasteiger partial charge in [-0.25, -0.2) is 0 Å². The zero-order chi connectivity index (χ0) is 21.5. The zero-order valence-electron chi connectivity index (χ0n) is 15.7. The van der Waals surface area contributed by atoms with Crippen molar-refractivity contribution in [2.75, 3.05) is 29.0 Å². The first-order valence-electron chi connectivity index (χ1n) is 9.19. The molecule has 4 heterocycles. The Morgan fingerprint density at radius 1 is 1.27 bits per heavy atom. The van der Waals surface area contributed by atoms with Crippen molar-refractivity contribution in [3.05, 3.63) is 42.4 Å². The molecule has 3 aromatic heterocycles. The number of halogens is 3. The fourth-order valence-corrected chi connectivity index (χ4v) is 3.68. The van der Waals surface area contributed by atoms with Crippen LogP contribution in [0.4, 0.5) is 30.4 Å². The molecule has 0 spiro atoms. The van der Waals surface area contributed by atoms with Crippen LogP contribution in [0, 0.1) is 5.92 Å². The van der Waals surface area contributed by atoms with Crippen molar-refractivity contribution < 1.29 is 22.4 Å². The number of nitrogens with two attached hydrogens (primary N) is 2. The van der Waals surface area contributed by atoms with E-state index in [0.717, 1.165) is 0 Å². The van der Waals surface area contributed by atoms with Crippen LogP contribution in [0.15, 0.2) is 41.2 Å². The van der Waals surface area contributed by atoms with E-state index in [4.69, 9.17) is 15.9 Å². The number of hydrogen-bond donors (Lipinski definition) is 3. The van der Waals surface area contributed by atoms with E-state index in [2.05, 4.69) is 15.3 Å². The number of nitrogen functional groups attached to an aromatic ring is 1. The smallest absolute Gasteiger partial charge is 0.393 e. The summed E-state index contributed by atoms with van der Waals surface area (Å²) < 4.78 is 45.2. The highest BCUT2D eigenvalue weighted by molar-refractivity contribution is 6.15. The molecule has 1 fully saturated rings. The van der Waals surface area contributed by atoms with Crippen LogP contribution < -0.4 is 21.7 Å². The van der Waals surface area contributed by atoms with Crippen molar-refractivity contribution in [1.82, 2.24) is 9.97 Å². The van der Waals surface area contributed by atoms with Crippen molar-refractivity contribution in [3.63, 3.8) is 0 Å². The van der Waals surface area contributed by atoms with Gasteiger partial charge in [-0.3, -0.25) is 14.8 Å². The number of fused-ring (bicyclic) bond motifs is 1. The number of carbonyl (C=O) groups is 1. The van der Waals surface area contributed by atoms with Gasteiger partial charge < -0.3 is 26.1 Å². The first kappa shape index (κ1) is 20.0. The quantitative estimate of drug-likeness (QED) is 0.595. The van der Waals surface area contributed by atoms with Crippen molar-refractivity contribution in [2.45, 2.75) is 18.6 Å². The Balaban J connectivity index is 1.64. The van der Waals surface area contributed by atoms with Crippen molar-refractivity contribution in [2.24, 2.45) is 11.7 Å². The molecule has 11 heteroatoms. The van der Waals surface area contributed by atoms with Gasteiger partial charge in [0, 0.05) is 31.5 Å². The lowest BCUT2D eigenvalue weighted by molar-refractivity contribution is -0.177. The van der Waals surface area contributed by atoms with Crippen LogP contribution in [-0.2, 0) is 0 Å². The number of pyridine rings is 2. The van der Waals surface area contributed by atoms with E-state index in [9.17, 15) is 18.0 Å². The molecule has 2 atom stereocenters. The van der Waals surface area contributed by atoms with Crippen LogP contribution in [-0.4, -0.2) is 41.2 Å². The second-order valence-corrected chi connectivity index (χ2v) is 7.18. The molecular formula is C19H19F3N6O2. The zero-order valence-corrected chi connectivity index (χ0v) is 15.7. The van der Waals surface area contributed by atoms with Gasteiger partial charge in [-0.05, 0) is 24.6 Å². The Morgan fingerprint density at radius 2 is 2.07 bits per heavy atom. The number of hydrogen-bond acceptors (Lipinski definition) is 7. The fraction of sp³-hybridized carbons (Fsp3) is 0.316. The minimum absolute atomic E-state index is 0.0453. The molecule has 8 nitrogen and oxygen atoms in total. The summed E-state index contributed by atoms with van der Waals surface area (Å²) in [7, 11) is 0. The number of rotatable bonds is 3. The first-order valence-corrected chi connectivity index (χ1v) is 9.19. The van der Waals surface area contributed by atoms with E-state index >= 15 is 0 Å². The van der Waals surface area contributed by atoms with Gasteiger partial charge in [-0.15, -0.1) is 0 Å². The normalized spacial score (nSPS) is 19.8. The summed E-state index contributed by atoms with van der Waals surface area (Å²) in [5, 5.41) is 2.67. The Bertz CT molecular complexity index is 1080. The highest BCUT2D eigenvalue weighted by Crippen LogP contribution is 2.37. The summed E-state index contributed by atoms with van der Waals surface area (Å²) in [6.45, 7) is -0.0414. The van der Waals surface area contributed by atoms with Crippen molar-refractivity contribution >= 4 is 34.3 Å². The van der Waals surface area contributed by atoms with Crippen LogP contribution in [0.2, 0.25) is 0 Å². The monoisotopic (exact) mass is 420 g/mol. The van der Waals surface area contributed by atoms with Gasteiger partial charge in [0.05, 0.1) is 23.5 Å². The van der Waals surface area contributed by atoms with E-state index in [0.29, 0.717) is 11.3 Å². The predicted octanol–water partition coefficient (Wildman–Crippen LogP) is 2.77. The van der Waals surface area contributed by atoms with Crippen molar-refractivity contribution in [3.8, 4) is 0 Å². The maximum Gasteiger partial charge on any atom is 0.393 e. The number of furan rings is 1. The summed E-state index contributed by atoms with van der Waals surface area (Å²) in [4.78, 5) is 22.5. The third-order valence-corrected chi connectivity index (χ3v) is 5.03. The van der Waals surface area contributed by atoms with E-state index in [1.165, 1.54) is 29.6 Å². The second-order valence-electron chi connectivity index (χ2n) is 7.18. The maximum absolute atomic E-state index is 13.3. The molecule has 0 unspecified atom stereocenters. The lowest BCUT2D eigenvalue weighted by Crippen LogP contribution is -2.51. The molecule has 5 N–H and O–H groups in total. The summed E-state index contributed by atoms with van der Waals surface area (Å²) in [6, 6.07) is 4.15. The molecule has 1 saturated heterocycles. The van der Waals surface area contributed by atoms with Crippen LogP contribution in [0.25, 0.3) is 11.1 Å². The summed E-state index contributed by atoms with van der Waals surface area (Å²) in [6.07, 6.45) is -0.201. The molecule has 158 valence electrons. The topological polar surface area (TPSA) is 123 Å². The van der Waals surface area contributed by atoms with Gasteiger partial charge in [0.15, 0.2) is 5.58 Å². The SMILES string of the molecule is Nc1oc2cccnc2c1C(=O)Nc1cnccc1N1C[C@H](N)C[C@H](C(F)(F)F)C1. The lowest BCUT2D eigenvalue weighted by atomic mass is 9.93. The van der Waals surface area contributed by atoms with Gasteiger partial charge in [0.25, 0.3) is 5.91 Å². The number of nitrogens with one attached hydrogen (secondary N) is 1. The Hall–Kier alpha value is -3.34. The van der Waals surface area contributed by atoms with E-state index in [-0.39, 0.29) is 42.2 Å². The summed E-state index contributed by atoms with van der Waals surface area (Å²) in [5.41, 5.74) is 13.0. The molecule has 30 heavy (non-hydrogen) atoms. The molecule has 1 amide bonds.